The van der Waals surface area contributed by atoms with E-state index in [0.717, 1.165) is 12.8 Å². The molecule has 0 aromatic carbocycles. The van der Waals surface area contributed by atoms with Crippen LogP contribution in [0.1, 0.15) is 32.6 Å². The average molecular weight is 266 g/mol. The van der Waals surface area contributed by atoms with Crippen molar-refractivity contribution >= 4 is 11.9 Å². The third-order valence-electron chi connectivity index (χ3n) is 3.82. The Hall–Kier alpha value is -1.54. The Morgan fingerprint density at radius 2 is 2.05 bits per heavy atom. The van der Waals surface area contributed by atoms with Crippen LogP contribution < -0.4 is 10.6 Å². The molecule has 1 aliphatic rings. The number of rotatable bonds is 6. The minimum absolute atomic E-state index is 0.121. The van der Waals surface area contributed by atoms with Gasteiger partial charge in [-0.25, -0.2) is 0 Å². The van der Waals surface area contributed by atoms with E-state index in [-0.39, 0.29) is 19.0 Å². The summed E-state index contributed by atoms with van der Waals surface area (Å²) in [5.41, 5.74) is -0.797. The van der Waals surface area contributed by atoms with Crippen molar-refractivity contribution in [1.82, 2.24) is 10.6 Å². The Morgan fingerprint density at radius 1 is 1.42 bits per heavy atom. The summed E-state index contributed by atoms with van der Waals surface area (Å²) in [6, 6.07) is 0. The van der Waals surface area contributed by atoms with E-state index in [1.54, 1.807) is 0 Å². The third-order valence-corrected chi connectivity index (χ3v) is 3.82. The highest BCUT2D eigenvalue weighted by Gasteiger charge is 2.41. The highest BCUT2D eigenvalue weighted by molar-refractivity contribution is 5.80. The van der Waals surface area contributed by atoms with E-state index in [1.807, 2.05) is 0 Å². The Balaban J connectivity index is 2.45. The molecule has 0 radical (unpaired) electrons. The summed E-state index contributed by atoms with van der Waals surface area (Å²) in [7, 11) is 0. The molecule has 5 nitrogen and oxygen atoms in total. The van der Waals surface area contributed by atoms with Crippen LogP contribution >= 0.6 is 0 Å². The number of carboxylic acids is 1. The lowest BCUT2D eigenvalue weighted by atomic mass is 9.71. The molecule has 1 aliphatic carbocycles. The summed E-state index contributed by atoms with van der Waals surface area (Å²) >= 11 is 0. The number of terminal acetylenes is 1. The van der Waals surface area contributed by atoms with Gasteiger partial charge in [-0.2, -0.15) is 0 Å². The second-order valence-electron chi connectivity index (χ2n) is 5.35. The molecule has 0 aromatic rings. The van der Waals surface area contributed by atoms with Crippen molar-refractivity contribution in [2.24, 2.45) is 11.3 Å². The summed E-state index contributed by atoms with van der Waals surface area (Å²) in [6.07, 6.45) is 8.11. The molecule has 0 spiro atoms. The van der Waals surface area contributed by atoms with Crippen LogP contribution in [0.4, 0.5) is 0 Å². The molecular formula is C14H22N2O3. The van der Waals surface area contributed by atoms with Crippen LogP contribution in [0.5, 0.6) is 0 Å². The van der Waals surface area contributed by atoms with E-state index in [4.69, 9.17) is 6.42 Å². The topological polar surface area (TPSA) is 78.4 Å². The van der Waals surface area contributed by atoms with Crippen molar-refractivity contribution < 1.29 is 14.7 Å². The second kappa shape index (κ2) is 7.15. The highest BCUT2D eigenvalue weighted by Crippen LogP contribution is 2.38. The Bertz CT molecular complexity index is 365. The SMILES string of the molecule is C#CCNCC(=O)NCC1(C(=O)O)CCC(C)CC1. The van der Waals surface area contributed by atoms with E-state index in [2.05, 4.69) is 23.5 Å². The molecule has 1 rings (SSSR count). The second-order valence-corrected chi connectivity index (χ2v) is 5.35. The van der Waals surface area contributed by atoms with Gasteiger partial charge in [-0.15, -0.1) is 6.42 Å². The predicted octanol–water partition coefficient (Wildman–Crippen LogP) is 0.606. The third kappa shape index (κ3) is 4.56. The van der Waals surface area contributed by atoms with Gasteiger partial charge in [0.1, 0.15) is 0 Å². The molecule has 0 heterocycles. The fraction of sp³-hybridized carbons (Fsp3) is 0.714. The smallest absolute Gasteiger partial charge is 0.311 e. The van der Waals surface area contributed by atoms with Crippen molar-refractivity contribution in [2.75, 3.05) is 19.6 Å². The summed E-state index contributed by atoms with van der Waals surface area (Å²) in [5, 5.41) is 14.9. The Morgan fingerprint density at radius 3 is 2.58 bits per heavy atom. The number of aliphatic carboxylic acids is 1. The molecular weight excluding hydrogens is 244 g/mol. The van der Waals surface area contributed by atoms with Crippen LogP contribution in [-0.4, -0.2) is 36.6 Å². The minimum Gasteiger partial charge on any atom is -0.481 e. The molecule has 0 bridgehead atoms. The first-order valence-corrected chi connectivity index (χ1v) is 6.64. The monoisotopic (exact) mass is 266 g/mol. The molecule has 19 heavy (non-hydrogen) atoms. The van der Waals surface area contributed by atoms with Gasteiger partial charge in [0, 0.05) is 6.54 Å². The van der Waals surface area contributed by atoms with Crippen molar-refractivity contribution in [3.05, 3.63) is 0 Å². The van der Waals surface area contributed by atoms with Crippen molar-refractivity contribution in [3.8, 4) is 12.3 Å². The van der Waals surface area contributed by atoms with Gasteiger partial charge < -0.3 is 10.4 Å². The van der Waals surface area contributed by atoms with Gasteiger partial charge in [-0.1, -0.05) is 12.8 Å². The number of hydrogen-bond acceptors (Lipinski definition) is 3. The molecule has 0 atom stereocenters. The largest absolute Gasteiger partial charge is 0.481 e. The summed E-state index contributed by atoms with van der Waals surface area (Å²) in [5.74, 6) is 1.92. The summed E-state index contributed by atoms with van der Waals surface area (Å²) in [6.45, 7) is 2.78. The predicted molar refractivity (Wildman–Crippen MR) is 72.4 cm³/mol. The quantitative estimate of drug-likeness (QED) is 0.486. The average Bonchev–Trinajstić information content (AvgIpc) is 2.38. The zero-order valence-corrected chi connectivity index (χ0v) is 11.4. The molecule has 1 fully saturated rings. The highest BCUT2D eigenvalue weighted by atomic mass is 16.4. The minimum atomic E-state index is -0.809. The Kier molecular flexibility index (Phi) is 5.84. The first-order valence-electron chi connectivity index (χ1n) is 6.64. The molecule has 0 unspecified atom stereocenters. The molecule has 0 saturated heterocycles. The number of carbonyl (C=O) groups excluding carboxylic acids is 1. The van der Waals surface area contributed by atoms with Crippen molar-refractivity contribution in [1.29, 1.82) is 0 Å². The van der Waals surface area contributed by atoms with E-state index >= 15 is 0 Å². The molecule has 1 amide bonds. The summed E-state index contributed by atoms with van der Waals surface area (Å²) < 4.78 is 0. The fourth-order valence-corrected chi connectivity index (χ4v) is 2.36. The fourth-order valence-electron chi connectivity index (χ4n) is 2.36. The molecule has 106 valence electrons. The Labute approximate surface area is 114 Å². The van der Waals surface area contributed by atoms with Gasteiger partial charge >= 0.3 is 5.97 Å². The van der Waals surface area contributed by atoms with Crippen LogP contribution in [0.2, 0.25) is 0 Å². The lowest BCUT2D eigenvalue weighted by molar-refractivity contribution is -0.151. The lowest BCUT2D eigenvalue weighted by Gasteiger charge is -2.35. The van der Waals surface area contributed by atoms with E-state index < -0.39 is 11.4 Å². The van der Waals surface area contributed by atoms with Crippen LogP contribution in [0, 0.1) is 23.7 Å². The van der Waals surface area contributed by atoms with Crippen LogP contribution in [-0.2, 0) is 9.59 Å². The number of nitrogens with one attached hydrogen (secondary N) is 2. The van der Waals surface area contributed by atoms with Gasteiger partial charge in [0.15, 0.2) is 0 Å². The molecule has 0 aliphatic heterocycles. The maximum atomic E-state index is 11.6. The van der Waals surface area contributed by atoms with Crippen LogP contribution in [0.25, 0.3) is 0 Å². The summed E-state index contributed by atoms with van der Waals surface area (Å²) in [4.78, 5) is 23.0. The van der Waals surface area contributed by atoms with Crippen molar-refractivity contribution in [3.63, 3.8) is 0 Å². The van der Waals surface area contributed by atoms with Crippen molar-refractivity contribution in [2.45, 2.75) is 32.6 Å². The van der Waals surface area contributed by atoms with E-state index in [1.165, 1.54) is 0 Å². The standard InChI is InChI=1S/C14H22N2O3/c1-3-8-15-9-12(17)16-10-14(13(18)19)6-4-11(2)5-7-14/h1,11,15H,4-10H2,2H3,(H,16,17)(H,18,19). The number of carboxylic acid groups (broad SMARTS) is 1. The van der Waals surface area contributed by atoms with Gasteiger partial charge in [0.25, 0.3) is 0 Å². The molecule has 0 aromatic heterocycles. The normalized spacial score (nSPS) is 26.4. The lowest BCUT2D eigenvalue weighted by Crippen LogP contribution is -2.47. The number of carbonyl (C=O) groups is 2. The zero-order valence-electron chi connectivity index (χ0n) is 11.4. The molecule has 1 saturated carbocycles. The van der Waals surface area contributed by atoms with Crippen LogP contribution in [0.15, 0.2) is 0 Å². The number of amides is 1. The first kappa shape index (κ1) is 15.5. The van der Waals surface area contributed by atoms with Gasteiger partial charge in [-0.3, -0.25) is 14.9 Å². The number of hydrogen-bond donors (Lipinski definition) is 3. The molecule has 3 N–H and O–H groups in total. The van der Waals surface area contributed by atoms with Gasteiger partial charge in [0.05, 0.1) is 18.5 Å². The van der Waals surface area contributed by atoms with Crippen LogP contribution in [0.3, 0.4) is 0 Å². The van der Waals surface area contributed by atoms with E-state index in [9.17, 15) is 14.7 Å². The maximum Gasteiger partial charge on any atom is 0.311 e. The molecule has 5 heteroatoms. The maximum absolute atomic E-state index is 11.6. The first-order chi connectivity index (χ1) is 9.00. The van der Waals surface area contributed by atoms with Gasteiger partial charge in [-0.05, 0) is 31.6 Å². The zero-order chi connectivity index (χ0) is 14.3. The van der Waals surface area contributed by atoms with Gasteiger partial charge in [0.2, 0.25) is 5.91 Å². The van der Waals surface area contributed by atoms with E-state index in [0.29, 0.717) is 25.3 Å².